The first-order chi connectivity index (χ1) is 28.9. The standard InChI is InChI=1S/C49H85O10P/c1-4-5-28-36-45(50)37-30-24-20-18-21-25-31-38-46(51)39-32-27-34-41-49(53)59-47(43-58-60(54,55)56)42-57-48(52)40-33-26-22-17-15-13-11-9-7-6-8-10-12-14-16-19-23-29-35-44(2)3/h5,20-21,24-25,28,30-32,37-39,44-47,50-51H,4,6-19,22-23,26-27,29,33-36,40-43H2,1-3H3,(H2,54,55,56)/b24-20-,25-21-,28-5-,37-30+,38-31+,39-32-/t45-,46-,47+/m0/s1. The van der Waals surface area contributed by atoms with Gasteiger partial charge < -0.3 is 29.5 Å². The minimum Gasteiger partial charge on any atom is -0.462 e. The maximum Gasteiger partial charge on any atom is 0.469 e. The molecule has 0 aliphatic carbocycles. The molecule has 0 fully saturated rings. The second-order valence-electron chi connectivity index (χ2n) is 16.2. The summed E-state index contributed by atoms with van der Waals surface area (Å²) in [6.45, 7) is 5.71. The van der Waals surface area contributed by atoms with E-state index < -0.39 is 44.7 Å². The first-order valence-corrected chi connectivity index (χ1v) is 24.9. The van der Waals surface area contributed by atoms with Gasteiger partial charge in [0.25, 0.3) is 0 Å². The van der Waals surface area contributed by atoms with Gasteiger partial charge in [-0.1, -0.05) is 209 Å². The Hall–Kier alpha value is -2.59. The molecule has 0 saturated carbocycles. The summed E-state index contributed by atoms with van der Waals surface area (Å²) < 4.78 is 26.3. The second-order valence-corrected chi connectivity index (χ2v) is 17.5. The zero-order chi connectivity index (χ0) is 44.4. The van der Waals surface area contributed by atoms with Crippen LogP contribution in [-0.4, -0.2) is 63.5 Å². The van der Waals surface area contributed by atoms with Gasteiger partial charge in [0.1, 0.15) is 6.61 Å². The summed E-state index contributed by atoms with van der Waals surface area (Å²) in [4.78, 5) is 43.0. The number of aliphatic hydroxyl groups is 2. The van der Waals surface area contributed by atoms with Gasteiger partial charge in [-0.3, -0.25) is 14.1 Å². The first kappa shape index (κ1) is 57.4. The van der Waals surface area contributed by atoms with Crippen molar-refractivity contribution in [3.63, 3.8) is 0 Å². The van der Waals surface area contributed by atoms with Crippen LogP contribution in [0.15, 0.2) is 72.9 Å². The third-order valence-corrected chi connectivity index (χ3v) is 10.3. The second kappa shape index (κ2) is 41.7. The highest BCUT2D eigenvalue weighted by atomic mass is 31.2. The molecule has 0 aromatic carbocycles. The Labute approximate surface area is 365 Å². The van der Waals surface area contributed by atoms with E-state index >= 15 is 0 Å². The number of hydrogen-bond acceptors (Lipinski definition) is 8. The van der Waals surface area contributed by atoms with E-state index in [1.165, 1.54) is 96.3 Å². The predicted molar refractivity (Wildman–Crippen MR) is 246 cm³/mol. The Balaban J connectivity index is 4.08. The molecule has 4 N–H and O–H groups in total. The number of allylic oxidation sites excluding steroid dienone is 8. The van der Waals surface area contributed by atoms with Crippen LogP contribution in [0, 0.1) is 5.92 Å². The maximum atomic E-state index is 12.4. The molecular weight excluding hydrogens is 780 g/mol. The van der Waals surface area contributed by atoms with E-state index in [1.54, 1.807) is 30.4 Å². The Morgan fingerprint density at radius 3 is 1.63 bits per heavy atom. The van der Waals surface area contributed by atoms with E-state index in [2.05, 4.69) is 25.3 Å². The molecule has 10 nitrogen and oxygen atoms in total. The molecule has 346 valence electrons. The van der Waals surface area contributed by atoms with Gasteiger partial charge >= 0.3 is 19.8 Å². The van der Waals surface area contributed by atoms with E-state index in [0.717, 1.165) is 31.6 Å². The average molecular weight is 865 g/mol. The summed E-state index contributed by atoms with van der Waals surface area (Å²) in [6, 6.07) is 0. The fourth-order valence-corrected chi connectivity index (χ4v) is 6.72. The number of aliphatic hydroxyl groups excluding tert-OH is 2. The van der Waals surface area contributed by atoms with Gasteiger partial charge in [0.2, 0.25) is 0 Å². The Morgan fingerprint density at radius 1 is 0.583 bits per heavy atom. The average Bonchev–Trinajstić information content (AvgIpc) is 3.20. The topological polar surface area (TPSA) is 160 Å². The lowest BCUT2D eigenvalue weighted by Gasteiger charge is -2.18. The zero-order valence-corrected chi connectivity index (χ0v) is 38.6. The van der Waals surface area contributed by atoms with Crippen molar-refractivity contribution in [3.05, 3.63) is 72.9 Å². The minimum atomic E-state index is -4.82. The van der Waals surface area contributed by atoms with Crippen LogP contribution in [0.5, 0.6) is 0 Å². The summed E-state index contributed by atoms with van der Waals surface area (Å²) >= 11 is 0. The number of esters is 2. The van der Waals surface area contributed by atoms with Gasteiger partial charge in [-0.05, 0) is 44.4 Å². The van der Waals surface area contributed by atoms with Crippen molar-refractivity contribution in [2.24, 2.45) is 5.92 Å². The van der Waals surface area contributed by atoms with Crippen molar-refractivity contribution in [2.75, 3.05) is 13.2 Å². The van der Waals surface area contributed by atoms with Crippen molar-refractivity contribution in [1.82, 2.24) is 0 Å². The van der Waals surface area contributed by atoms with Crippen molar-refractivity contribution in [3.8, 4) is 0 Å². The molecule has 60 heavy (non-hydrogen) atoms. The predicted octanol–water partition coefficient (Wildman–Crippen LogP) is 12.4. The van der Waals surface area contributed by atoms with E-state index in [0.29, 0.717) is 32.1 Å². The molecule has 0 aliphatic rings. The normalized spacial score (nSPS) is 14.3. The molecule has 11 heteroatoms. The van der Waals surface area contributed by atoms with Gasteiger partial charge in [0, 0.05) is 12.8 Å². The van der Waals surface area contributed by atoms with Gasteiger partial charge in [-0.25, -0.2) is 4.57 Å². The van der Waals surface area contributed by atoms with Gasteiger partial charge in [-0.2, -0.15) is 0 Å². The largest absolute Gasteiger partial charge is 0.469 e. The molecule has 0 amide bonds. The maximum absolute atomic E-state index is 12.4. The SMILES string of the molecule is CC/C=C\C[C@H](O)/C=C/C=C\C/C=C\C=C\[C@H](O)/C=C\CCCC(=O)O[C@H](COC(=O)CCCCCCCCCCCCCCCCCCCCC(C)C)COP(=O)(O)O. The Bertz CT molecular complexity index is 1250. The van der Waals surface area contributed by atoms with E-state index in [-0.39, 0.29) is 19.4 Å². The van der Waals surface area contributed by atoms with Gasteiger partial charge in [0.05, 0.1) is 18.8 Å². The van der Waals surface area contributed by atoms with Crippen LogP contribution in [0.2, 0.25) is 0 Å². The number of unbranched alkanes of at least 4 members (excludes halogenated alkanes) is 18. The lowest BCUT2D eigenvalue weighted by atomic mass is 10.0. The molecule has 0 aromatic rings. The summed E-state index contributed by atoms with van der Waals surface area (Å²) in [6.07, 6.45) is 47.0. The summed E-state index contributed by atoms with van der Waals surface area (Å²) in [5, 5.41) is 20.0. The van der Waals surface area contributed by atoms with Crippen molar-refractivity contribution in [1.29, 1.82) is 0 Å². The third kappa shape index (κ3) is 44.9. The number of carbonyl (C=O) groups is 2. The van der Waals surface area contributed by atoms with Gasteiger partial charge in [-0.15, -0.1) is 0 Å². The summed E-state index contributed by atoms with van der Waals surface area (Å²) in [5.41, 5.74) is 0. The highest BCUT2D eigenvalue weighted by molar-refractivity contribution is 7.46. The third-order valence-electron chi connectivity index (χ3n) is 9.84. The molecule has 0 aliphatic heterocycles. The van der Waals surface area contributed by atoms with Crippen LogP contribution in [0.3, 0.4) is 0 Å². The van der Waals surface area contributed by atoms with Crippen LogP contribution in [-0.2, 0) is 28.2 Å². The molecule has 0 rings (SSSR count). The van der Waals surface area contributed by atoms with Crippen LogP contribution >= 0.6 is 7.82 Å². The molecule has 0 aromatic heterocycles. The number of phosphoric ester groups is 1. The van der Waals surface area contributed by atoms with E-state index in [1.807, 2.05) is 42.5 Å². The van der Waals surface area contributed by atoms with Crippen LogP contribution in [0.1, 0.15) is 188 Å². The first-order valence-electron chi connectivity index (χ1n) is 23.3. The molecule has 0 radical (unpaired) electrons. The molecule has 0 spiro atoms. The summed E-state index contributed by atoms with van der Waals surface area (Å²) in [5.74, 6) is -0.226. The van der Waals surface area contributed by atoms with Crippen LogP contribution in [0.25, 0.3) is 0 Å². The van der Waals surface area contributed by atoms with Crippen molar-refractivity contribution in [2.45, 2.75) is 206 Å². The molecule has 0 unspecified atom stereocenters. The molecule has 0 saturated heterocycles. The Morgan fingerprint density at radius 2 is 1.10 bits per heavy atom. The monoisotopic (exact) mass is 865 g/mol. The molecule has 3 atom stereocenters. The molecular formula is C49H85O10P. The van der Waals surface area contributed by atoms with Crippen LogP contribution < -0.4 is 0 Å². The minimum absolute atomic E-state index is 0.0238. The summed E-state index contributed by atoms with van der Waals surface area (Å²) in [7, 11) is -4.82. The molecule has 0 bridgehead atoms. The lowest BCUT2D eigenvalue weighted by molar-refractivity contribution is -0.161. The fraction of sp³-hybridized carbons (Fsp3) is 0.714. The number of phosphoric acid groups is 1. The lowest BCUT2D eigenvalue weighted by Crippen LogP contribution is -2.29. The zero-order valence-electron chi connectivity index (χ0n) is 37.7. The fourth-order valence-electron chi connectivity index (χ4n) is 6.36. The highest BCUT2D eigenvalue weighted by Gasteiger charge is 2.23. The van der Waals surface area contributed by atoms with Gasteiger partial charge in [0.15, 0.2) is 6.10 Å². The Kier molecular flexibility index (Phi) is 39.9. The highest BCUT2D eigenvalue weighted by Crippen LogP contribution is 2.36. The quantitative estimate of drug-likeness (QED) is 0.0153. The number of hydrogen-bond donors (Lipinski definition) is 4. The number of carbonyl (C=O) groups excluding carboxylic acids is 2. The van der Waals surface area contributed by atoms with Crippen molar-refractivity contribution >= 4 is 19.8 Å². The van der Waals surface area contributed by atoms with E-state index in [9.17, 15) is 24.4 Å². The number of ether oxygens (including phenoxy) is 2. The van der Waals surface area contributed by atoms with Crippen LogP contribution in [0.4, 0.5) is 0 Å². The van der Waals surface area contributed by atoms with Crippen molar-refractivity contribution < 1.29 is 48.2 Å². The smallest absolute Gasteiger partial charge is 0.462 e. The number of rotatable bonds is 41. The molecule has 0 heterocycles. The van der Waals surface area contributed by atoms with E-state index in [4.69, 9.17) is 19.3 Å².